The van der Waals surface area contributed by atoms with Crippen LogP contribution in [0.4, 0.5) is 10.1 Å². The van der Waals surface area contributed by atoms with Crippen molar-refractivity contribution in [2.45, 2.75) is 0 Å². The summed E-state index contributed by atoms with van der Waals surface area (Å²) in [5.74, 6) is -0.219. The summed E-state index contributed by atoms with van der Waals surface area (Å²) < 4.78 is 16.0. The van der Waals surface area contributed by atoms with Gasteiger partial charge in [0.15, 0.2) is 0 Å². The third-order valence-corrected chi connectivity index (χ3v) is 4.71. The van der Waals surface area contributed by atoms with Crippen molar-refractivity contribution in [2.75, 3.05) is 32.5 Å². The Labute approximate surface area is 145 Å². The second-order valence-corrected chi connectivity index (χ2v) is 6.72. The molecule has 4 aromatic rings. The van der Waals surface area contributed by atoms with Gasteiger partial charge in [-0.05, 0) is 38.4 Å². The van der Waals surface area contributed by atoms with E-state index in [1.165, 1.54) is 6.07 Å². The molecule has 25 heavy (non-hydrogen) atoms. The molecule has 128 valence electrons. The first-order chi connectivity index (χ1) is 12.1. The Bertz CT molecular complexity index is 1080. The van der Waals surface area contributed by atoms with E-state index in [-0.39, 0.29) is 5.82 Å². The van der Waals surface area contributed by atoms with Crippen molar-refractivity contribution < 1.29 is 8.96 Å². The number of nitrogens with zero attached hydrogens (tertiary/aromatic N) is 2. The zero-order chi connectivity index (χ0) is 17.6. The van der Waals surface area contributed by atoms with Gasteiger partial charge in [-0.2, -0.15) is 4.57 Å². The Morgan fingerprint density at radius 1 is 1.12 bits per heavy atom. The quantitative estimate of drug-likeness (QED) is 0.560. The van der Waals surface area contributed by atoms with Crippen LogP contribution in [0.5, 0.6) is 0 Å². The number of aryl methyl sites for hydroxylation is 1. The Morgan fingerprint density at radius 3 is 2.72 bits per heavy atom. The van der Waals surface area contributed by atoms with Crippen molar-refractivity contribution >= 4 is 38.5 Å². The van der Waals surface area contributed by atoms with Crippen LogP contribution in [0.1, 0.15) is 0 Å². The lowest BCUT2D eigenvalue weighted by Crippen LogP contribution is -2.30. The number of likely N-dealkylation sites (N-methyl/N-ethyl adjacent to an activating group) is 1. The summed E-state index contributed by atoms with van der Waals surface area (Å²) in [6.45, 7) is 1.77. The molecule has 2 aromatic heterocycles. The van der Waals surface area contributed by atoms with Gasteiger partial charge in [0.2, 0.25) is 11.0 Å². The largest absolute Gasteiger partial charge is 0.381 e. The molecule has 0 fully saturated rings. The van der Waals surface area contributed by atoms with Gasteiger partial charge in [0, 0.05) is 19.2 Å². The molecule has 0 amide bonds. The number of fused-ring (bicyclic) bond motifs is 4. The van der Waals surface area contributed by atoms with Crippen molar-refractivity contribution in [2.24, 2.45) is 7.05 Å². The predicted molar refractivity (Wildman–Crippen MR) is 101 cm³/mol. The van der Waals surface area contributed by atoms with Crippen LogP contribution in [-0.4, -0.2) is 37.1 Å². The molecule has 2 aromatic carbocycles. The van der Waals surface area contributed by atoms with Crippen molar-refractivity contribution in [3.63, 3.8) is 0 Å². The Hall–Kier alpha value is -2.66. The van der Waals surface area contributed by atoms with E-state index in [2.05, 4.69) is 46.0 Å². The molecule has 0 spiro atoms. The molecule has 0 radical (unpaired) electrons. The minimum atomic E-state index is -0.219. The van der Waals surface area contributed by atoms with Gasteiger partial charge in [0.1, 0.15) is 18.4 Å². The second-order valence-electron chi connectivity index (χ2n) is 6.72. The van der Waals surface area contributed by atoms with Gasteiger partial charge < -0.3 is 15.2 Å². The molecule has 0 aliphatic heterocycles. The lowest BCUT2D eigenvalue weighted by atomic mass is 10.1. The number of benzene rings is 2. The van der Waals surface area contributed by atoms with E-state index >= 15 is 0 Å². The van der Waals surface area contributed by atoms with Gasteiger partial charge in [-0.25, -0.2) is 4.39 Å². The maximum atomic E-state index is 13.8. The number of pyridine rings is 1. The summed E-state index contributed by atoms with van der Waals surface area (Å²) in [7, 11) is 6.16. The highest BCUT2D eigenvalue weighted by Gasteiger charge is 2.22. The van der Waals surface area contributed by atoms with E-state index < -0.39 is 0 Å². The Morgan fingerprint density at radius 2 is 1.92 bits per heavy atom. The number of hydrogen-bond donors (Lipinski definition) is 2. The number of halogens is 1. The summed E-state index contributed by atoms with van der Waals surface area (Å²) in [6, 6.07) is 13.2. The number of aromatic amines is 1. The summed E-state index contributed by atoms with van der Waals surface area (Å²) in [4.78, 5) is 5.63. The van der Waals surface area contributed by atoms with Crippen LogP contribution in [0.3, 0.4) is 0 Å². The summed E-state index contributed by atoms with van der Waals surface area (Å²) in [6.07, 6.45) is 0. The molecule has 4 nitrogen and oxygen atoms in total. The van der Waals surface area contributed by atoms with Crippen molar-refractivity contribution in [3.8, 4) is 0 Å². The fourth-order valence-corrected chi connectivity index (χ4v) is 3.50. The zero-order valence-electron chi connectivity index (χ0n) is 14.7. The van der Waals surface area contributed by atoms with E-state index in [4.69, 9.17) is 0 Å². The van der Waals surface area contributed by atoms with Crippen LogP contribution in [0.25, 0.3) is 32.8 Å². The molecule has 5 heteroatoms. The molecule has 0 saturated carbocycles. The molecular weight excluding hydrogens is 315 g/mol. The van der Waals surface area contributed by atoms with E-state index in [9.17, 15) is 4.39 Å². The number of rotatable bonds is 4. The van der Waals surface area contributed by atoms with E-state index in [1.54, 1.807) is 12.1 Å². The molecule has 2 N–H and O–H groups in total. The number of anilines is 1. The third kappa shape index (κ3) is 2.61. The zero-order valence-corrected chi connectivity index (χ0v) is 14.7. The van der Waals surface area contributed by atoms with E-state index in [1.807, 2.05) is 19.2 Å². The minimum Gasteiger partial charge on any atom is -0.381 e. The van der Waals surface area contributed by atoms with Gasteiger partial charge in [-0.3, -0.25) is 0 Å². The second kappa shape index (κ2) is 6.01. The maximum absolute atomic E-state index is 13.8. The molecule has 0 aliphatic carbocycles. The first kappa shape index (κ1) is 15.8. The van der Waals surface area contributed by atoms with Crippen LogP contribution in [0.15, 0.2) is 42.5 Å². The Kier molecular flexibility index (Phi) is 3.81. The van der Waals surface area contributed by atoms with Crippen LogP contribution < -0.4 is 9.88 Å². The Balaban J connectivity index is 2.04. The molecule has 0 saturated heterocycles. The van der Waals surface area contributed by atoms with E-state index in [0.29, 0.717) is 0 Å². The topological polar surface area (TPSA) is 34.9 Å². The normalized spacial score (nSPS) is 11.9. The molecule has 0 atom stereocenters. The van der Waals surface area contributed by atoms with Crippen molar-refractivity contribution in [3.05, 3.63) is 48.3 Å². The highest BCUT2D eigenvalue weighted by Crippen LogP contribution is 2.33. The van der Waals surface area contributed by atoms with Crippen LogP contribution in [0.2, 0.25) is 0 Å². The van der Waals surface area contributed by atoms with Crippen LogP contribution in [0, 0.1) is 5.82 Å². The van der Waals surface area contributed by atoms with E-state index in [0.717, 1.165) is 51.6 Å². The maximum Gasteiger partial charge on any atom is 0.240 e. The van der Waals surface area contributed by atoms with Gasteiger partial charge in [0.05, 0.1) is 22.0 Å². The van der Waals surface area contributed by atoms with Crippen molar-refractivity contribution in [1.82, 2.24) is 9.88 Å². The smallest absolute Gasteiger partial charge is 0.240 e. The lowest BCUT2D eigenvalue weighted by molar-refractivity contribution is -0.616. The molecule has 0 bridgehead atoms. The standard InChI is InChI=1S/C20H21FN4/c1-24(2)11-10-22-18-14-6-4-5-7-17(14)25(3)20-15-12-13(21)8-9-16(15)23-19(18)20/h4-9,12H,10-11H2,1-3H3,(H,22,23)/p+1. The number of nitrogens with one attached hydrogen (secondary N) is 2. The SMILES string of the molecule is CN(C)CCNc1c2ccccc2[n+](C)c2c1[nH]c1ccc(F)cc12. The highest BCUT2D eigenvalue weighted by molar-refractivity contribution is 6.13. The lowest BCUT2D eigenvalue weighted by Gasteiger charge is -2.13. The van der Waals surface area contributed by atoms with Crippen LogP contribution in [-0.2, 0) is 7.05 Å². The first-order valence-corrected chi connectivity index (χ1v) is 8.46. The number of para-hydroxylation sites is 1. The monoisotopic (exact) mass is 337 g/mol. The average Bonchev–Trinajstić information content (AvgIpc) is 2.96. The van der Waals surface area contributed by atoms with Gasteiger partial charge in [-0.1, -0.05) is 12.1 Å². The number of H-pyrrole nitrogens is 1. The summed E-state index contributed by atoms with van der Waals surface area (Å²) in [5.41, 5.74) is 5.16. The van der Waals surface area contributed by atoms with Crippen molar-refractivity contribution in [1.29, 1.82) is 0 Å². The fourth-order valence-electron chi connectivity index (χ4n) is 3.50. The molecule has 4 rings (SSSR count). The van der Waals surface area contributed by atoms with Gasteiger partial charge in [-0.15, -0.1) is 0 Å². The minimum absolute atomic E-state index is 0.219. The summed E-state index contributed by atoms with van der Waals surface area (Å²) in [5, 5.41) is 5.64. The first-order valence-electron chi connectivity index (χ1n) is 8.46. The molecule has 0 unspecified atom stereocenters. The molecule has 0 aliphatic rings. The summed E-state index contributed by atoms with van der Waals surface area (Å²) >= 11 is 0. The number of hydrogen-bond acceptors (Lipinski definition) is 2. The van der Waals surface area contributed by atoms with Crippen LogP contribution >= 0.6 is 0 Å². The van der Waals surface area contributed by atoms with Gasteiger partial charge >= 0.3 is 0 Å². The third-order valence-electron chi connectivity index (χ3n) is 4.71. The molecular formula is C20H22FN4+. The average molecular weight is 337 g/mol. The molecule has 2 heterocycles. The number of aromatic nitrogens is 2. The van der Waals surface area contributed by atoms with Gasteiger partial charge in [0.25, 0.3) is 0 Å². The highest BCUT2D eigenvalue weighted by atomic mass is 19.1. The fraction of sp³-hybridized carbons (Fsp3) is 0.250. The predicted octanol–water partition coefficient (Wildman–Crippen LogP) is 3.41.